The minimum atomic E-state index is -0.672. The fourth-order valence-corrected chi connectivity index (χ4v) is 3.40. The number of benzene rings is 1. The largest absolute Gasteiger partial charge is 0.481 e. The molecule has 0 spiro atoms. The first kappa shape index (κ1) is 14.8. The van der Waals surface area contributed by atoms with Crippen LogP contribution in [0.3, 0.4) is 0 Å². The highest BCUT2D eigenvalue weighted by molar-refractivity contribution is 9.10. The van der Waals surface area contributed by atoms with Crippen molar-refractivity contribution in [2.75, 3.05) is 13.1 Å². The molecule has 0 aliphatic carbocycles. The number of aliphatic carboxylic acids is 1. The quantitative estimate of drug-likeness (QED) is 0.900. The van der Waals surface area contributed by atoms with E-state index in [1.165, 1.54) is 0 Å². The van der Waals surface area contributed by atoms with E-state index < -0.39 is 5.97 Å². The maximum Gasteiger partial charge on any atom is 0.306 e. The Morgan fingerprint density at radius 3 is 2.63 bits per heavy atom. The van der Waals surface area contributed by atoms with Gasteiger partial charge in [-0.15, -0.1) is 0 Å². The van der Waals surface area contributed by atoms with E-state index in [1.54, 1.807) is 0 Å². The van der Waals surface area contributed by atoms with E-state index >= 15 is 0 Å². The Bertz CT molecular complexity index is 473. The smallest absolute Gasteiger partial charge is 0.306 e. The van der Waals surface area contributed by atoms with Crippen molar-refractivity contribution in [2.24, 2.45) is 5.92 Å². The summed E-state index contributed by atoms with van der Waals surface area (Å²) in [6.45, 7) is 3.74. The molecule has 3 nitrogen and oxygen atoms in total. The zero-order chi connectivity index (χ0) is 14.0. The molecule has 0 amide bonds. The van der Waals surface area contributed by atoms with Crippen LogP contribution in [-0.2, 0) is 4.79 Å². The van der Waals surface area contributed by atoms with E-state index in [9.17, 15) is 4.79 Å². The maximum atomic E-state index is 10.9. The normalized spacial score (nSPS) is 19.3. The molecule has 0 saturated carbocycles. The van der Waals surface area contributed by atoms with Crippen molar-refractivity contribution < 1.29 is 9.90 Å². The molecule has 1 aliphatic heterocycles. The Kier molecular flexibility index (Phi) is 4.87. The van der Waals surface area contributed by atoms with Gasteiger partial charge in [-0.05, 0) is 50.6 Å². The second-order valence-corrected chi connectivity index (χ2v) is 6.31. The Labute approximate surface area is 126 Å². The number of hydrogen-bond acceptors (Lipinski definition) is 2. The Morgan fingerprint density at radius 2 is 2.11 bits per heavy atom. The van der Waals surface area contributed by atoms with Crippen LogP contribution in [0.1, 0.15) is 31.4 Å². The molecule has 1 aromatic rings. The average Bonchev–Trinajstić information content (AvgIpc) is 2.38. The van der Waals surface area contributed by atoms with Gasteiger partial charge in [0.2, 0.25) is 0 Å². The van der Waals surface area contributed by atoms with E-state index in [1.807, 2.05) is 18.2 Å². The molecule has 1 saturated heterocycles. The van der Waals surface area contributed by atoms with Gasteiger partial charge in [-0.2, -0.15) is 0 Å². The second kappa shape index (κ2) is 6.25. The van der Waals surface area contributed by atoms with Crippen LogP contribution in [0.4, 0.5) is 0 Å². The van der Waals surface area contributed by atoms with Gasteiger partial charge in [0, 0.05) is 15.5 Å². The lowest BCUT2D eigenvalue weighted by molar-refractivity contribution is -0.143. The van der Waals surface area contributed by atoms with Crippen LogP contribution in [0, 0.1) is 5.92 Å². The first-order valence-corrected chi connectivity index (χ1v) is 7.58. The van der Waals surface area contributed by atoms with Gasteiger partial charge in [-0.3, -0.25) is 9.69 Å². The van der Waals surface area contributed by atoms with Gasteiger partial charge in [0.25, 0.3) is 0 Å². The molecule has 1 heterocycles. The molecule has 2 rings (SSSR count). The lowest BCUT2D eigenvalue weighted by Gasteiger charge is -2.35. The SMILES string of the molecule is CC(c1ccc(Br)cc1Cl)N1CCC(C(=O)O)CC1. The van der Waals surface area contributed by atoms with Crippen LogP contribution in [-0.4, -0.2) is 29.1 Å². The van der Waals surface area contributed by atoms with Crippen LogP contribution >= 0.6 is 27.5 Å². The van der Waals surface area contributed by atoms with Gasteiger partial charge < -0.3 is 5.11 Å². The number of carboxylic acids is 1. The molecule has 0 radical (unpaired) electrons. The zero-order valence-electron chi connectivity index (χ0n) is 10.8. The number of piperidine rings is 1. The number of nitrogens with zero attached hydrogens (tertiary/aromatic N) is 1. The summed E-state index contributed by atoms with van der Waals surface area (Å²) in [7, 11) is 0. The molecule has 0 bridgehead atoms. The van der Waals surface area contributed by atoms with E-state index in [0.29, 0.717) is 12.8 Å². The second-order valence-electron chi connectivity index (χ2n) is 4.99. The highest BCUT2D eigenvalue weighted by Crippen LogP contribution is 2.32. The Morgan fingerprint density at radius 1 is 1.47 bits per heavy atom. The molecule has 1 fully saturated rings. The highest BCUT2D eigenvalue weighted by Gasteiger charge is 2.27. The van der Waals surface area contributed by atoms with E-state index in [4.69, 9.17) is 16.7 Å². The molecule has 1 unspecified atom stereocenters. The van der Waals surface area contributed by atoms with Crippen LogP contribution in [0.15, 0.2) is 22.7 Å². The van der Waals surface area contributed by atoms with Gasteiger partial charge in [0.05, 0.1) is 5.92 Å². The predicted molar refractivity (Wildman–Crippen MR) is 79.5 cm³/mol. The fraction of sp³-hybridized carbons (Fsp3) is 0.500. The molecule has 1 aliphatic rings. The van der Waals surface area contributed by atoms with Crippen molar-refractivity contribution >= 4 is 33.5 Å². The third-order valence-electron chi connectivity index (χ3n) is 3.84. The van der Waals surface area contributed by atoms with Crippen molar-refractivity contribution in [2.45, 2.75) is 25.8 Å². The topological polar surface area (TPSA) is 40.5 Å². The molecule has 1 aromatic carbocycles. The van der Waals surface area contributed by atoms with Crippen LogP contribution in [0.25, 0.3) is 0 Å². The lowest BCUT2D eigenvalue weighted by Crippen LogP contribution is -2.37. The number of halogens is 2. The van der Waals surface area contributed by atoms with Crippen LogP contribution in [0.2, 0.25) is 5.02 Å². The lowest BCUT2D eigenvalue weighted by atomic mass is 9.95. The number of carbonyl (C=O) groups is 1. The summed E-state index contributed by atoms with van der Waals surface area (Å²) in [5, 5.41) is 9.76. The van der Waals surface area contributed by atoms with Crippen molar-refractivity contribution in [3.8, 4) is 0 Å². The minimum absolute atomic E-state index is 0.191. The minimum Gasteiger partial charge on any atom is -0.481 e. The van der Waals surface area contributed by atoms with Crippen molar-refractivity contribution in [1.82, 2.24) is 4.90 Å². The Balaban J connectivity index is 2.05. The summed E-state index contributed by atoms with van der Waals surface area (Å²) >= 11 is 9.67. The van der Waals surface area contributed by atoms with Crippen molar-refractivity contribution in [3.63, 3.8) is 0 Å². The fourth-order valence-electron chi connectivity index (χ4n) is 2.57. The standard InChI is InChI=1S/C14H17BrClNO2/c1-9(12-3-2-11(15)8-13(12)16)17-6-4-10(5-7-17)14(18)19/h2-3,8-10H,4-7H2,1H3,(H,18,19). The zero-order valence-corrected chi connectivity index (χ0v) is 13.1. The number of likely N-dealkylation sites (tertiary alicyclic amines) is 1. The van der Waals surface area contributed by atoms with Crippen molar-refractivity contribution in [3.05, 3.63) is 33.3 Å². The summed E-state index contributed by atoms with van der Waals surface area (Å²) in [5.74, 6) is -0.863. The number of carboxylic acid groups (broad SMARTS) is 1. The molecule has 1 N–H and O–H groups in total. The molecule has 1 atom stereocenters. The van der Waals surface area contributed by atoms with Gasteiger partial charge in [-0.25, -0.2) is 0 Å². The first-order chi connectivity index (χ1) is 8.99. The van der Waals surface area contributed by atoms with Gasteiger partial charge in [-0.1, -0.05) is 33.6 Å². The summed E-state index contributed by atoms with van der Waals surface area (Å²) in [4.78, 5) is 13.2. The average molecular weight is 347 g/mol. The summed E-state index contributed by atoms with van der Waals surface area (Å²) < 4.78 is 0.970. The Hall–Kier alpha value is -0.580. The summed E-state index contributed by atoms with van der Waals surface area (Å²) in [6, 6.07) is 6.13. The third-order valence-corrected chi connectivity index (χ3v) is 4.66. The highest BCUT2D eigenvalue weighted by atomic mass is 79.9. The molecule has 0 aromatic heterocycles. The van der Waals surface area contributed by atoms with Crippen LogP contribution < -0.4 is 0 Å². The molecule has 19 heavy (non-hydrogen) atoms. The van der Waals surface area contributed by atoms with E-state index in [-0.39, 0.29) is 12.0 Å². The molecule has 104 valence electrons. The predicted octanol–water partition coefficient (Wildman–Crippen LogP) is 3.96. The van der Waals surface area contributed by atoms with Gasteiger partial charge >= 0.3 is 5.97 Å². The monoisotopic (exact) mass is 345 g/mol. The van der Waals surface area contributed by atoms with E-state index in [2.05, 4.69) is 27.8 Å². The number of hydrogen-bond donors (Lipinski definition) is 1. The maximum absolute atomic E-state index is 10.9. The third kappa shape index (κ3) is 3.50. The number of rotatable bonds is 3. The van der Waals surface area contributed by atoms with Crippen molar-refractivity contribution in [1.29, 1.82) is 0 Å². The molecule has 5 heteroatoms. The van der Waals surface area contributed by atoms with Crippen LogP contribution in [0.5, 0.6) is 0 Å². The van der Waals surface area contributed by atoms with Gasteiger partial charge in [0.1, 0.15) is 0 Å². The summed E-state index contributed by atoms with van der Waals surface area (Å²) in [6.07, 6.45) is 1.43. The van der Waals surface area contributed by atoms with Gasteiger partial charge in [0.15, 0.2) is 0 Å². The first-order valence-electron chi connectivity index (χ1n) is 6.41. The molecular formula is C14H17BrClNO2. The molecular weight excluding hydrogens is 330 g/mol. The summed E-state index contributed by atoms with van der Waals surface area (Å²) in [5.41, 5.74) is 1.10. The van der Waals surface area contributed by atoms with E-state index in [0.717, 1.165) is 28.1 Å².